The molecule has 1 N–H and O–H groups in total. The number of hydrogen-bond acceptors (Lipinski definition) is 6. The molecule has 3 aromatic heterocycles. The van der Waals surface area contributed by atoms with Gasteiger partial charge in [-0.15, -0.1) is 5.10 Å². The normalized spacial score (nSPS) is 11.9. The SMILES string of the molecule is Cc1ccn2nc(S(=O)(=O)Nc3cccc4ncccc34)nc2n1. The van der Waals surface area contributed by atoms with Crippen LogP contribution >= 0.6 is 0 Å². The predicted molar refractivity (Wildman–Crippen MR) is 88.1 cm³/mol. The van der Waals surface area contributed by atoms with Gasteiger partial charge in [-0.2, -0.15) is 13.4 Å². The molecule has 0 spiro atoms. The molecule has 120 valence electrons. The third-order valence-corrected chi connectivity index (χ3v) is 4.60. The molecule has 0 unspecified atom stereocenters. The van der Waals surface area contributed by atoms with Crippen molar-refractivity contribution in [2.24, 2.45) is 0 Å². The molecule has 0 fully saturated rings. The molecule has 1 aromatic carbocycles. The smallest absolute Gasteiger partial charge is 0.276 e. The van der Waals surface area contributed by atoms with Gasteiger partial charge in [-0.25, -0.2) is 9.50 Å². The van der Waals surface area contributed by atoms with Crippen LogP contribution in [0.2, 0.25) is 0 Å². The zero-order valence-electron chi connectivity index (χ0n) is 12.6. The lowest BCUT2D eigenvalue weighted by Crippen LogP contribution is -2.15. The van der Waals surface area contributed by atoms with Crippen molar-refractivity contribution in [3.05, 3.63) is 54.5 Å². The number of aryl methyl sites for hydroxylation is 1. The summed E-state index contributed by atoms with van der Waals surface area (Å²) in [5.74, 6) is 0.231. The molecule has 0 atom stereocenters. The number of sulfonamides is 1. The summed E-state index contributed by atoms with van der Waals surface area (Å²) in [6.45, 7) is 1.80. The summed E-state index contributed by atoms with van der Waals surface area (Å²) in [5.41, 5.74) is 1.84. The van der Waals surface area contributed by atoms with Crippen LogP contribution in [0.25, 0.3) is 16.7 Å². The van der Waals surface area contributed by atoms with Crippen molar-refractivity contribution in [1.29, 1.82) is 0 Å². The van der Waals surface area contributed by atoms with Gasteiger partial charge in [0.2, 0.25) is 0 Å². The second kappa shape index (κ2) is 5.24. The molecular weight excluding hydrogens is 328 g/mol. The number of pyridine rings is 1. The third kappa shape index (κ3) is 2.44. The predicted octanol–water partition coefficient (Wildman–Crippen LogP) is 1.78. The lowest BCUT2D eigenvalue weighted by atomic mass is 10.2. The van der Waals surface area contributed by atoms with E-state index in [-0.39, 0.29) is 10.9 Å². The molecule has 0 amide bonds. The molecule has 0 saturated heterocycles. The minimum Gasteiger partial charge on any atom is -0.276 e. The molecule has 0 aliphatic rings. The minimum absolute atomic E-state index is 0.231. The van der Waals surface area contributed by atoms with E-state index in [4.69, 9.17) is 0 Å². The summed E-state index contributed by atoms with van der Waals surface area (Å²) in [6, 6.07) is 10.5. The van der Waals surface area contributed by atoms with Crippen molar-refractivity contribution in [1.82, 2.24) is 24.6 Å². The Kier molecular flexibility index (Phi) is 3.17. The van der Waals surface area contributed by atoms with Crippen LogP contribution in [0.4, 0.5) is 5.69 Å². The summed E-state index contributed by atoms with van der Waals surface area (Å²) < 4.78 is 29.0. The van der Waals surface area contributed by atoms with E-state index >= 15 is 0 Å². The number of anilines is 1. The van der Waals surface area contributed by atoms with Gasteiger partial charge in [-0.3, -0.25) is 9.71 Å². The first-order valence-electron chi connectivity index (χ1n) is 7.09. The van der Waals surface area contributed by atoms with Gasteiger partial charge >= 0.3 is 0 Å². The average Bonchev–Trinajstić information content (AvgIpc) is 2.99. The van der Waals surface area contributed by atoms with Crippen LogP contribution in [0.15, 0.2) is 53.9 Å². The summed E-state index contributed by atoms with van der Waals surface area (Å²) in [7, 11) is -3.94. The van der Waals surface area contributed by atoms with E-state index in [0.29, 0.717) is 16.6 Å². The number of nitrogens with one attached hydrogen (secondary N) is 1. The van der Waals surface area contributed by atoms with E-state index < -0.39 is 10.0 Å². The number of benzene rings is 1. The molecule has 9 heteroatoms. The van der Waals surface area contributed by atoms with Gasteiger partial charge in [-0.1, -0.05) is 6.07 Å². The summed E-state index contributed by atoms with van der Waals surface area (Å²) >= 11 is 0. The van der Waals surface area contributed by atoms with Crippen LogP contribution in [-0.4, -0.2) is 33.0 Å². The summed E-state index contributed by atoms with van der Waals surface area (Å²) in [4.78, 5) is 12.4. The van der Waals surface area contributed by atoms with Crippen molar-refractivity contribution in [2.45, 2.75) is 12.1 Å². The van der Waals surface area contributed by atoms with Crippen molar-refractivity contribution in [2.75, 3.05) is 4.72 Å². The number of rotatable bonds is 3. The van der Waals surface area contributed by atoms with Gasteiger partial charge < -0.3 is 0 Å². The van der Waals surface area contributed by atoms with Crippen LogP contribution < -0.4 is 4.72 Å². The Labute approximate surface area is 137 Å². The second-order valence-electron chi connectivity index (χ2n) is 5.19. The quantitative estimate of drug-likeness (QED) is 0.610. The number of hydrogen-bond donors (Lipinski definition) is 1. The van der Waals surface area contributed by atoms with Gasteiger partial charge in [0.15, 0.2) is 0 Å². The number of nitrogens with zero attached hydrogens (tertiary/aromatic N) is 5. The first kappa shape index (κ1) is 14.5. The van der Waals surface area contributed by atoms with Crippen LogP contribution in [0.1, 0.15) is 5.69 Å². The molecule has 4 rings (SSSR count). The number of fused-ring (bicyclic) bond motifs is 2. The molecule has 3 heterocycles. The maximum Gasteiger partial charge on any atom is 0.299 e. The van der Waals surface area contributed by atoms with E-state index in [1.165, 1.54) is 4.52 Å². The van der Waals surface area contributed by atoms with Crippen LogP contribution in [0, 0.1) is 6.92 Å². The Hall–Kier alpha value is -3.07. The molecular formula is C15H12N6O2S. The lowest BCUT2D eigenvalue weighted by molar-refractivity contribution is 0.592. The Balaban J connectivity index is 1.79. The van der Waals surface area contributed by atoms with E-state index in [9.17, 15) is 8.42 Å². The standard InChI is InChI=1S/C15H12N6O2S/c1-10-7-9-21-14(17-10)18-15(19-21)24(22,23)20-13-6-2-5-12-11(13)4-3-8-16-12/h2-9,20H,1H3. The first-order valence-corrected chi connectivity index (χ1v) is 8.58. The van der Waals surface area contributed by atoms with Crippen LogP contribution in [0.3, 0.4) is 0 Å². The topological polar surface area (TPSA) is 102 Å². The van der Waals surface area contributed by atoms with Crippen LogP contribution in [0.5, 0.6) is 0 Å². The Morgan fingerprint density at radius 3 is 2.83 bits per heavy atom. The maximum absolute atomic E-state index is 12.6. The second-order valence-corrected chi connectivity index (χ2v) is 6.77. The van der Waals surface area contributed by atoms with E-state index in [1.54, 1.807) is 49.6 Å². The van der Waals surface area contributed by atoms with Crippen molar-refractivity contribution in [3.63, 3.8) is 0 Å². The Morgan fingerprint density at radius 2 is 1.96 bits per heavy atom. The molecule has 0 radical (unpaired) electrons. The van der Waals surface area contributed by atoms with E-state index in [2.05, 4.69) is 24.8 Å². The van der Waals surface area contributed by atoms with Gasteiger partial charge in [0.1, 0.15) is 0 Å². The molecule has 0 aliphatic carbocycles. The van der Waals surface area contributed by atoms with E-state index in [0.717, 1.165) is 5.69 Å². The van der Waals surface area contributed by atoms with Crippen LogP contribution in [-0.2, 0) is 10.0 Å². The molecule has 0 saturated carbocycles. The number of aromatic nitrogens is 5. The van der Waals surface area contributed by atoms with Crippen molar-refractivity contribution >= 4 is 32.4 Å². The summed E-state index contributed by atoms with van der Waals surface area (Å²) in [6.07, 6.45) is 3.27. The highest BCUT2D eigenvalue weighted by molar-refractivity contribution is 7.92. The third-order valence-electron chi connectivity index (χ3n) is 3.46. The molecule has 0 aliphatic heterocycles. The fourth-order valence-electron chi connectivity index (χ4n) is 2.34. The maximum atomic E-state index is 12.6. The fraction of sp³-hybridized carbons (Fsp3) is 0.0667. The largest absolute Gasteiger partial charge is 0.299 e. The first-order chi connectivity index (χ1) is 11.5. The monoisotopic (exact) mass is 340 g/mol. The highest BCUT2D eigenvalue weighted by Crippen LogP contribution is 2.23. The van der Waals surface area contributed by atoms with Crippen molar-refractivity contribution < 1.29 is 8.42 Å². The molecule has 4 aromatic rings. The van der Waals surface area contributed by atoms with Gasteiger partial charge in [0.05, 0.1) is 11.2 Å². The van der Waals surface area contributed by atoms with Crippen molar-refractivity contribution in [3.8, 4) is 0 Å². The summed E-state index contributed by atoms with van der Waals surface area (Å²) in [5, 5.41) is 4.34. The van der Waals surface area contributed by atoms with Gasteiger partial charge in [0, 0.05) is 23.5 Å². The lowest BCUT2D eigenvalue weighted by Gasteiger charge is -2.07. The Morgan fingerprint density at radius 1 is 1.08 bits per heavy atom. The van der Waals surface area contributed by atoms with Gasteiger partial charge in [-0.05, 0) is 37.3 Å². The zero-order valence-corrected chi connectivity index (χ0v) is 13.4. The van der Waals surface area contributed by atoms with E-state index in [1.807, 2.05) is 6.07 Å². The average molecular weight is 340 g/mol. The molecule has 8 nitrogen and oxygen atoms in total. The molecule has 0 bridgehead atoms. The molecule has 24 heavy (non-hydrogen) atoms. The zero-order chi connectivity index (χ0) is 16.7. The highest BCUT2D eigenvalue weighted by atomic mass is 32.2. The highest BCUT2D eigenvalue weighted by Gasteiger charge is 2.22. The Bertz CT molecular complexity index is 1160. The van der Waals surface area contributed by atoms with Gasteiger partial charge in [0.25, 0.3) is 21.0 Å². The fourth-order valence-corrected chi connectivity index (χ4v) is 3.30. The minimum atomic E-state index is -3.94.